The lowest BCUT2D eigenvalue weighted by Crippen LogP contribution is -2.33. The molecule has 1 aromatic rings. The van der Waals surface area contributed by atoms with Crippen molar-refractivity contribution >= 4 is 23.2 Å². The maximum atomic E-state index is 6.42. The van der Waals surface area contributed by atoms with E-state index in [1.807, 2.05) is 12.1 Å². The van der Waals surface area contributed by atoms with Gasteiger partial charge in [0.2, 0.25) is 0 Å². The van der Waals surface area contributed by atoms with Gasteiger partial charge >= 0.3 is 0 Å². The van der Waals surface area contributed by atoms with Crippen LogP contribution in [0.1, 0.15) is 44.7 Å². The molecule has 0 bridgehead atoms. The number of rotatable bonds is 6. The molecular weight excluding hydrogens is 293 g/mol. The highest BCUT2D eigenvalue weighted by Gasteiger charge is 2.35. The Hall–Kier alpha value is -0.280. The summed E-state index contributed by atoms with van der Waals surface area (Å²) < 4.78 is 5.85. The minimum atomic E-state index is 0.216. The summed E-state index contributed by atoms with van der Waals surface area (Å²) in [6.07, 6.45) is 3.51. The average molecular weight is 316 g/mol. The number of hydrogen-bond acceptors (Lipinski definition) is 2. The predicted molar refractivity (Wildman–Crippen MR) is 85.6 cm³/mol. The molecule has 2 nitrogen and oxygen atoms in total. The summed E-state index contributed by atoms with van der Waals surface area (Å²) in [4.78, 5) is 0. The third-order valence-corrected chi connectivity index (χ3v) is 4.86. The standard InChI is InChI=1S/C16H23Cl2NO/c1-3-9-19-16(11-8-10-20-14(11)4-2)12-6-5-7-13(17)15(12)18/h5-7,11,14,16,19H,3-4,8-10H2,1-2H3. The summed E-state index contributed by atoms with van der Waals surface area (Å²) in [7, 11) is 0. The molecule has 0 saturated carbocycles. The zero-order valence-electron chi connectivity index (χ0n) is 12.2. The van der Waals surface area contributed by atoms with Gasteiger partial charge < -0.3 is 10.1 Å². The first-order valence-electron chi connectivity index (χ1n) is 7.47. The smallest absolute Gasteiger partial charge is 0.0640 e. The molecule has 3 unspecified atom stereocenters. The van der Waals surface area contributed by atoms with E-state index in [0.29, 0.717) is 22.1 Å². The molecular formula is C16H23Cl2NO. The van der Waals surface area contributed by atoms with E-state index < -0.39 is 0 Å². The van der Waals surface area contributed by atoms with Gasteiger partial charge in [-0.05, 0) is 37.4 Å². The normalized spacial score (nSPS) is 24.0. The van der Waals surface area contributed by atoms with Crippen molar-refractivity contribution in [2.45, 2.75) is 45.3 Å². The molecule has 0 aliphatic carbocycles. The van der Waals surface area contributed by atoms with Gasteiger partial charge in [0.1, 0.15) is 0 Å². The van der Waals surface area contributed by atoms with Gasteiger partial charge in [-0.1, -0.05) is 49.2 Å². The van der Waals surface area contributed by atoms with Gasteiger partial charge in [0.15, 0.2) is 0 Å². The van der Waals surface area contributed by atoms with E-state index in [9.17, 15) is 0 Å². The van der Waals surface area contributed by atoms with Crippen LogP contribution < -0.4 is 5.32 Å². The monoisotopic (exact) mass is 315 g/mol. The molecule has 1 saturated heterocycles. The molecule has 1 aliphatic heterocycles. The Labute approximate surface area is 131 Å². The van der Waals surface area contributed by atoms with E-state index >= 15 is 0 Å². The first kappa shape index (κ1) is 16.1. The van der Waals surface area contributed by atoms with E-state index in [2.05, 4.69) is 25.2 Å². The zero-order chi connectivity index (χ0) is 14.5. The van der Waals surface area contributed by atoms with Crippen LogP contribution in [0.3, 0.4) is 0 Å². The van der Waals surface area contributed by atoms with E-state index in [4.69, 9.17) is 27.9 Å². The summed E-state index contributed by atoms with van der Waals surface area (Å²) in [5.74, 6) is 0.461. The van der Waals surface area contributed by atoms with Crippen LogP contribution in [0.5, 0.6) is 0 Å². The minimum absolute atomic E-state index is 0.216. The predicted octanol–water partition coefficient (Wildman–Crippen LogP) is 4.85. The second-order valence-corrected chi connectivity index (χ2v) is 6.13. The Balaban J connectivity index is 2.29. The maximum Gasteiger partial charge on any atom is 0.0640 e. The molecule has 1 heterocycles. The number of ether oxygens (including phenoxy) is 1. The van der Waals surface area contributed by atoms with Gasteiger partial charge in [-0.15, -0.1) is 0 Å². The lowest BCUT2D eigenvalue weighted by Gasteiger charge is -2.29. The third-order valence-electron chi connectivity index (χ3n) is 4.02. The lowest BCUT2D eigenvalue weighted by atomic mass is 9.86. The highest BCUT2D eigenvalue weighted by Crippen LogP contribution is 2.39. The van der Waals surface area contributed by atoms with Crippen molar-refractivity contribution in [3.05, 3.63) is 33.8 Å². The van der Waals surface area contributed by atoms with Crippen molar-refractivity contribution < 1.29 is 4.74 Å². The fraction of sp³-hybridized carbons (Fsp3) is 0.625. The fourth-order valence-corrected chi connectivity index (χ4v) is 3.44. The summed E-state index contributed by atoms with van der Waals surface area (Å²) in [5.41, 5.74) is 1.10. The number of hydrogen-bond donors (Lipinski definition) is 1. The molecule has 0 spiro atoms. The van der Waals surface area contributed by atoms with Crippen LogP contribution in [0.15, 0.2) is 18.2 Å². The molecule has 0 amide bonds. The molecule has 2 rings (SSSR count). The van der Waals surface area contributed by atoms with Crippen molar-refractivity contribution in [3.8, 4) is 0 Å². The van der Waals surface area contributed by atoms with Crippen molar-refractivity contribution in [2.75, 3.05) is 13.2 Å². The minimum Gasteiger partial charge on any atom is -0.378 e. The van der Waals surface area contributed by atoms with E-state index in [1.54, 1.807) is 0 Å². The topological polar surface area (TPSA) is 21.3 Å². The Kier molecular flexibility index (Phi) is 6.16. The highest BCUT2D eigenvalue weighted by atomic mass is 35.5. The summed E-state index contributed by atoms with van der Waals surface area (Å²) in [5, 5.41) is 4.93. The Bertz CT molecular complexity index is 438. The van der Waals surface area contributed by atoms with Crippen LogP contribution in [0.4, 0.5) is 0 Å². The van der Waals surface area contributed by atoms with Crippen LogP contribution in [-0.4, -0.2) is 19.3 Å². The van der Waals surface area contributed by atoms with Crippen molar-refractivity contribution in [1.82, 2.24) is 5.32 Å². The molecule has 1 aromatic carbocycles. The van der Waals surface area contributed by atoms with Crippen LogP contribution in [-0.2, 0) is 4.74 Å². The van der Waals surface area contributed by atoms with Crippen LogP contribution in [0, 0.1) is 5.92 Å². The number of nitrogens with one attached hydrogen (secondary N) is 1. The summed E-state index contributed by atoms with van der Waals surface area (Å²) >= 11 is 12.6. The zero-order valence-corrected chi connectivity index (χ0v) is 13.7. The van der Waals surface area contributed by atoms with E-state index in [-0.39, 0.29) is 6.04 Å². The molecule has 0 aromatic heterocycles. The molecule has 3 atom stereocenters. The average Bonchev–Trinajstić information content (AvgIpc) is 2.92. The maximum absolute atomic E-state index is 6.42. The Morgan fingerprint density at radius 2 is 2.15 bits per heavy atom. The van der Waals surface area contributed by atoms with Gasteiger partial charge in [0, 0.05) is 18.6 Å². The van der Waals surface area contributed by atoms with Crippen molar-refractivity contribution in [3.63, 3.8) is 0 Å². The van der Waals surface area contributed by atoms with E-state index in [1.165, 1.54) is 0 Å². The van der Waals surface area contributed by atoms with Gasteiger partial charge in [0.05, 0.1) is 16.1 Å². The Morgan fingerprint density at radius 1 is 1.35 bits per heavy atom. The summed E-state index contributed by atoms with van der Waals surface area (Å²) in [6.45, 7) is 6.16. The second kappa shape index (κ2) is 7.65. The molecule has 1 N–H and O–H groups in total. The molecule has 20 heavy (non-hydrogen) atoms. The van der Waals surface area contributed by atoms with Crippen LogP contribution in [0.25, 0.3) is 0 Å². The number of benzene rings is 1. The SMILES string of the molecule is CCCNC(c1cccc(Cl)c1Cl)C1CCOC1CC. The first-order valence-corrected chi connectivity index (χ1v) is 8.23. The van der Waals surface area contributed by atoms with Gasteiger partial charge in [0.25, 0.3) is 0 Å². The second-order valence-electron chi connectivity index (χ2n) is 5.34. The molecule has 1 fully saturated rings. The molecule has 4 heteroatoms. The van der Waals surface area contributed by atoms with Crippen LogP contribution in [0.2, 0.25) is 10.0 Å². The van der Waals surface area contributed by atoms with Crippen LogP contribution >= 0.6 is 23.2 Å². The number of halogens is 2. The highest BCUT2D eigenvalue weighted by molar-refractivity contribution is 6.42. The van der Waals surface area contributed by atoms with Gasteiger partial charge in [-0.3, -0.25) is 0 Å². The molecule has 1 aliphatic rings. The van der Waals surface area contributed by atoms with Crippen molar-refractivity contribution in [1.29, 1.82) is 0 Å². The van der Waals surface area contributed by atoms with Crippen molar-refractivity contribution in [2.24, 2.45) is 5.92 Å². The van der Waals surface area contributed by atoms with Gasteiger partial charge in [-0.25, -0.2) is 0 Å². The van der Waals surface area contributed by atoms with Gasteiger partial charge in [-0.2, -0.15) is 0 Å². The summed E-state index contributed by atoms with van der Waals surface area (Å²) in [6, 6.07) is 6.11. The largest absolute Gasteiger partial charge is 0.378 e. The first-order chi connectivity index (χ1) is 9.69. The van der Waals surface area contributed by atoms with E-state index in [0.717, 1.165) is 38.0 Å². The quantitative estimate of drug-likeness (QED) is 0.810. The Morgan fingerprint density at radius 3 is 2.85 bits per heavy atom. The fourth-order valence-electron chi connectivity index (χ4n) is 3.02. The third kappa shape index (κ3) is 3.48. The molecule has 112 valence electrons. The lowest BCUT2D eigenvalue weighted by molar-refractivity contribution is 0.0774. The molecule has 0 radical (unpaired) electrons.